The van der Waals surface area contributed by atoms with Crippen LogP contribution in [-0.2, 0) is 21.4 Å². The molecule has 23 heavy (non-hydrogen) atoms. The van der Waals surface area contributed by atoms with E-state index in [0.717, 1.165) is 11.1 Å². The van der Waals surface area contributed by atoms with Crippen molar-refractivity contribution in [1.29, 1.82) is 0 Å². The highest BCUT2D eigenvalue weighted by Gasteiger charge is 2.13. The van der Waals surface area contributed by atoms with E-state index in [4.69, 9.17) is 0 Å². The summed E-state index contributed by atoms with van der Waals surface area (Å²) in [7, 11) is -2.05. The number of nitrogens with one attached hydrogen (secondary N) is 2. The summed E-state index contributed by atoms with van der Waals surface area (Å²) in [4.78, 5) is 15.2. The monoisotopic (exact) mass is 331 g/mol. The maximum absolute atomic E-state index is 12.2. The average Bonchev–Trinajstić information content (AvgIpc) is 2.59. The van der Waals surface area contributed by atoms with Gasteiger partial charge in [-0.3, -0.25) is 9.78 Å². The topological polar surface area (TPSA) is 88.2 Å². The number of carbonyl (C=O) groups excluding carboxylic acids is 1. The summed E-state index contributed by atoms with van der Waals surface area (Å²) in [5, 5.41) is 2.47. The molecule has 0 aliphatic carbocycles. The van der Waals surface area contributed by atoms with Crippen LogP contribution in [-0.4, -0.2) is 26.4 Å². The zero-order valence-corrected chi connectivity index (χ0v) is 13.4. The molecule has 1 amide bonds. The van der Waals surface area contributed by atoms with Gasteiger partial charge in [-0.1, -0.05) is 18.2 Å². The molecule has 0 spiro atoms. The molecule has 0 aliphatic heterocycles. The number of sulfonamides is 1. The summed E-state index contributed by atoms with van der Waals surface area (Å²) in [6.07, 6.45) is 6.22. The third kappa shape index (κ3) is 5.01. The predicted octanol–water partition coefficient (Wildman–Crippen LogP) is 1.32. The number of hydrogen-bond donors (Lipinski definition) is 2. The fourth-order valence-corrected chi connectivity index (χ4v) is 2.80. The summed E-state index contributed by atoms with van der Waals surface area (Å²) >= 11 is 0. The number of benzene rings is 1. The molecular weight excluding hydrogens is 314 g/mol. The van der Waals surface area contributed by atoms with Gasteiger partial charge in [0.25, 0.3) is 0 Å². The number of hydrogen-bond acceptors (Lipinski definition) is 4. The van der Waals surface area contributed by atoms with E-state index in [1.807, 2.05) is 0 Å². The van der Waals surface area contributed by atoms with Gasteiger partial charge >= 0.3 is 0 Å². The Kier molecular flexibility index (Phi) is 5.61. The second-order valence-corrected chi connectivity index (χ2v) is 6.47. The van der Waals surface area contributed by atoms with Crippen LogP contribution in [0.15, 0.2) is 59.8 Å². The Bertz CT molecular complexity index is 785. The fourth-order valence-electron chi connectivity index (χ4n) is 1.78. The van der Waals surface area contributed by atoms with Gasteiger partial charge in [0.2, 0.25) is 15.9 Å². The Balaban J connectivity index is 2.05. The van der Waals surface area contributed by atoms with E-state index in [0.29, 0.717) is 0 Å². The van der Waals surface area contributed by atoms with Crippen LogP contribution in [0.1, 0.15) is 11.1 Å². The minimum absolute atomic E-state index is 0.165. The van der Waals surface area contributed by atoms with Crippen molar-refractivity contribution < 1.29 is 13.2 Å². The van der Waals surface area contributed by atoms with Crippen LogP contribution in [0.3, 0.4) is 0 Å². The van der Waals surface area contributed by atoms with Gasteiger partial charge in [0.15, 0.2) is 0 Å². The van der Waals surface area contributed by atoms with Gasteiger partial charge in [-0.05, 0) is 35.4 Å². The highest BCUT2D eigenvalue weighted by atomic mass is 32.2. The lowest BCUT2D eigenvalue weighted by Gasteiger charge is -2.07. The van der Waals surface area contributed by atoms with Crippen molar-refractivity contribution in [3.63, 3.8) is 0 Å². The first kappa shape index (κ1) is 16.9. The van der Waals surface area contributed by atoms with Crippen molar-refractivity contribution in [2.75, 3.05) is 7.05 Å². The van der Waals surface area contributed by atoms with E-state index < -0.39 is 10.0 Å². The van der Waals surface area contributed by atoms with Crippen molar-refractivity contribution >= 4 is 22.0 Å². The summed E-state index contributed by atoms with van der Waals surface area (Å²) in [5.41, 5.74) is 1.51. The fraction of sp³-hybridized carbons (Fsp3) is 0.125. The van der Waals surface area contributed by atoms with Gasteiger partial charge in [-0.15, -0.1) is 0 Å². The van der Waals surface area contributed by atoms with Crippen LogP contribution in [0.4, 0.5) is 0 Å². The van der Waals surface area contributed by atoms with E-state index in [1.165, 1.54) is 25.3 Å². The van der Waals surface area contributed by atoms with Gasteiger partial charge in [0.05, 0.1) is 4.90 Å². The Morgan fingerprint density at radius 3 is 2.57 bits per heavy atom. The molecule has 1 heterocycles. The zero-order valence-electron chi connectivity index (χ0n) is 12.6. The van der Waals surface area contributed by atoms with Gasteiger partial charge in [0, 0.05) is 32.1 Å². The molecule has 0 unspecified atom stereocenters. The number of rotatable bonds is 6. The van der Waals surface area contributed by atoms with Crippen molar-refractivity contribution in [3.8, 4) is 0 Å². The smallest absolute Gasteiger partial charge is 0.243 e. The molecule has 0 saturated carbocycles. The van der Waals surface area contributed by atoms with Gasteiger partial charge in [-0.25, -0.2) is 13.1 Å². The number of carbonyl (C=O) groups is 1. The molecule has 0 saturated heterocycles. The van der Waals surface area contributed by atoms with Gasteiger partial charge in [0.1, 0.15) is 0 Å². The molecule has 1 aromatic carbocycles. The molecule has 2 rings (SSSR count). The van der Waals surface area contributed by atoms with Gasteiger partial charge < -0.3 is 5.32 Å². The third-order valence-electron chi connectivity index (χ3n) is 3.05. The standard InChI is InChI=1S/C16H17N3O3S/c1-17-16(20)9-6-13-4-7-15(8-5-13)23(21,22)19-12-14-3-2-10-18-11-14/h2-11,19H,12H2,1H3,(H,17,20)/b9-6+. The first-order valence-electron chi connectivity index (χ1n) is 6.90. The van der Waals surface area contributed by atoms with Crippen molar-refractivity contribution in [1.82, 2.24) is 15.0 Å². The molecule has 7 heteroatoms. The minimum Gasteiger partial charge on any atom is -0.356 e. The Hall–Kier alpha value is -2.51. The molecular formula is C16H17N3O3S. The summed E-state index contributed by atoms with van der Waals surface area (Å²) < 4.78 is 27.0. The average molecular weight is 331 g/mol. The lowest BCUT2D eigenvalue weighted by Crippen LogP contribution is -2.23. The molecule has 1 aromatic heterocycles. The largest absolute Gasteiger partial charge is 0.356 e. The first-order valence-corrected chi connectivity index (χ1v) is 8.38. The van der Waals surface area contributed by atoms with Crippen LogP contribution in [0, 0.1) is 0 Å². The Labute approximate surface area is 135 Å². The summed E-state index contributed by atoms with van der Waals surface area (Å²) in [6, 6.07) is 9.81. The SMILES string of the molecule is CNC(=O)/C=C/c1ccc(S(=O)(=O)NCc2cccnc2)cc1. The first-order chi connectivity index (χ1) is 11.0. The Morgan fingerprint density at radius 1 is 1.22 bits per heavy atom. The van der Waals surface area contributed by atoms with Crippen LogP contribution < -0.4 is 10.0 Å². The molecule has 0 atom stereocenters. The van der Waals surface area contributed by atoms with E-state index in [9.17, 15) is 13.2 Å². The zero-order chi connectivity index (χ0) is 16.7. The number of aromatic nitrogens is 1. The van der Waals surface area contributed by atoms with E-state index in [1.54, 1.807) is 42.7 Å². The molecule has 0 radical (unpaired) electrons. The van der Waals surface area contributed by atoms with Crippen molar-refractivity contribution in [2.24, 2.45) is 0 Å². The highest BCUT2D eigenvalue weighted by Crippen LogP contribution is 2.12. The number of pyridine rings is 1. The molecule has 0 fully saturated rings. The summed E-state index contributed by atoms with van der Waals surface area (Å²) in [6.45, 7) is 0.175. The van der Waals surface area contributed by atoms with Crippen molar-refractivity contribution in [3.05, 3.63) is 66.0 Å². The molecule has 0 bridgehead atoms. The molecule has 120 valence electrons. The van der Waals surface area contributed by atoms with Crippen molar-refractivity contribution in [2.45, 2.75) is 11.4 Å². The number of amides is 1. The molecule has 2 N–H and O–H groups in total. The number of nitrogens with zero attached hydrogens (tertiary/aromatic N) is 1. The lowest BCUT2D eigenvalue weighted by atomic mass is 10.2. The second kappa shape index (κ2) is 7.66. The highest BCUT2D eigenvalue weighted by molar-refractivity contribution is 7.89. The second-order valence-electron chi connectivity index (χ2n) is 4.70. The molecule has 0 aliphatic rings. The van der Waals surface area contributed by atoms with Crippen LogP contribution >= 0.6 is 0 Å². The van der Waals surface area contributed by atoms with E-state index in [-0.39, 0.29) is 17.3 Å². The third-order valence-corrected chi connectivity index (χ3v) is 4.47. The normalized spacial score (nSPS) is 11.5. The molecule has 6 nitrogen and oxygen atoms in total. The Morgan fingerprint density at radius 2 is 1.96 bits per heavy atom. The van der Waals surface area contributed by atoms with Gasteiger partial charge in [-0.2, -0.15) is 0 Å². The summed E-state index contributed by atoms with van der Waals surface area (Å²) in [5.74, 6) is -0.222. The predicted molar refractivity (Wildman–Crippen MR) is 87.8 cm³/mol. The minimum atomic E-state index is -3.59. The quantitative estimate of drug-likeness (QED) is 0.782. The van der Waals surface area contributed by atoms with E-state index >= 15 is 0 Å². The maximum atomic E-state index is 12.2. The van der Waals surface area contributed by atoms with Crippen LogP contribution in [0.25, 0.3) is 6.08 Å². The lowest BCUT2D eigenvalue weighted by molar-refractivity contribution is -0.115. The number of likely N-dealkylation sites (N-methyl/N-ethyl adjacent to an activating group) is 1. The van der Waals surface area contributed by atoms with Crippen LogP contribution in [0.5, 0.6) is 0 Å². The van der Waals surface area contributed by atoms with E-state index in [2.05, 4.69) is 15.0 Å². The molecule has 2 aromatic rings. The maximum Gasteiger partial charge on any atom is 0.243 e. The van der Waals surface area contributed by atoms with Crippen LogP contribution in [0.2, 0.25) is 0 Å².